The zero-order chi connectivity index (χ0) is 13.2. The first-order valence-electron chi connectivity index (χ1n) is 6.86. The van der Waals surface area contributed by atoms with Gasteiger partial charge in [0.2, 0.25) is 0 Å². The fraction of sp³-hybridized carbons (Fsp3) is 0.600. The van der Waals surface area contributed by atoms with Gasteiger partial charge in [0, 0.05) is 12.1 Å². The Bertz CT molecular complexity index is 328. The lowest BCUT2D eigenvalue weighted by atomic mass is 10.2. The SMILES string of the molecule is CCNCCCCCN(C)Cc1ccccc1F. The molecule has 1 aromatic rings. The van der Waals surface area contributed by atoms with Gasteiger partial charge in [0.05, 0.1) is 0 Å². The molecule has 0 aliphatic carbocycles. The fourth-order valence-corrected chi connectivity index (χ4v) is 1.98. The quantitative estimate of drug-likeness (QED) is 0.680. The average Bonchev–Trinajstić information content (AvgIpc) is 2.36. The van der Waals surface area contributed by atoms with Gasteiger partial charge in [-0.25, -0.2) is 4.39 Å². The highest BCUT2D eigenvalue weighted by atomic mass is 19.1. The fourth-order valence-electron chi connectivity index (χ4n) is 1.98. The van der Waals surface area contributed by atoms with Crippen LogP contribution in [-0.2, 0) is 6.54 Å². The number of nitrogens with one attached hydrogen (secondary N) is 1. The van der Waals surface area contributed by atoms with Gasteiger partial charge in [-0.15, -0.1) is 0 Å². The number of unbranched alkanes of at least 4 members (excludes halogenated alkanes) is 2. The van der Waals surface area contributed by atoms with Crippen molar-refractivity contribution < 1.29 is 4.39 Å². The molecule has 0 fully saturated rings. The van der Waals surface area contributed by atoms with E-state index in [1.807, 2.05) is 12.1 Å². The van der Waals surface area contributed by atoms with Crippen LogP contribution < -0.4 is 5.32 Å². The Labute approximate surface area is 110 Å². The van der Waals surface area contributed by atoms with Gasteiger partial charge in [-0.3, -0.25) is 0 Å². The number of hydrogen-bond donors (Lipinski definition) is 1. The Balaban J connectivity index is 2.14. The number of halogens is 1. The van der Waals surface area contributed by atoms with Crippen LogP contribution in [0.2, 0.25) is 0 Å². The van der Waals surface area contributed by atoms with Crippen LogP contribution in [0.4, 0.5) is 4.39 Å². The third-order valence-corrected chi connectivity index (χ3v) is 3.04. The molecule has 0 amide bonds. The minimum Gasteiger partial charge on any atom is -0.317 e. The Morgan fingerprint density at radius 3 is 2.67 bits per heavy atom. The van der Waals surface area contributed by atoms with Crippen LogP contribution in [0.15, 0.2) is 24.3 Å². The van der Waals surface area contributed by atoms with E-state index >= 15 is 0 Å². The standard InChI is InChI=1S/C15H25FN2/c1-3-17-11-7-4-8-12-18(2)13-14-9-5-6-10-15(14)16/h5-6,9-10,17H,3-4,7-8,11-13H2,1-2H3. The average molecular weight is 252 g/mol. The van der Waals surface area contributed by atoms with Crippen molar-refractivity contribution in [3.8, 4) is 0 Å². The molecule has 0 atom stereocenters. The van der Waals surface area contributed by atoms with Crippen molar-refractivity contribution in [1.29, 1.82) is 0 Å². The molecule has 1 N–H and O–H groups in total. The Hall–Kier alpha value is -0.930. The molecule has 0 heterocycles. The number of nitrogens with zero attached hydrogens (tertiary/aromatic N) is 1. The lowest BCUT2D eigenvalue weighted by Gasteiger charge is -2.16. The summed E-state index contributed by atoms with van der Waals surface area (Å²) >= 11 is 0. The molecule has 0 aliphatic heterocycles. The lowest BCUT2D eigenvalue weighted by molar-refractivity contribution is 0.312. The van der Waals surface area contributed by atoms with Gasteiger partial charge in [0.1, 0.15) is 5.82 Å². The molecule has 1 rings (SSSR count). The van der Waals surface area contributed by atoms with E-state index in [9.17, 15) is 4.39 Å². The third kappa shape index (κ3) is 6.12. The Morgan fingerprint density at radius 2 is 1.94 bits per heavy atom. The lowest BCUT2D eigenvalue weighted by Crippen LogP contribution is -2.20. The summed E-state index contributed by atoms with van der Waals surface area (Å²) in [4.78, 5) is 2.19. The smallest absolute Gasteiger partial charge is 0.127 e. The molecule has 0 saturated heterocycles. The van der Waals surface area contributed by atoms with Crippen molar-refractivity contribution in [2.45, 2.75) is 32.7 Å². The van der Waals surface area contributed by atoms with Gasteiger partial charge in [0.15, 0.2) is 0 Å². The highest BCUT2D eigenvalue weighted by Crippen LogP contribution is 2.09. The summed E-state index contributed by atoms with van der Waals surface area (Å²) in [6.07, 6.45) is 3.63. The zero-order valence-corrected chi connectivity index (χ0v) is 11.6. The van der Waals surface area contributed by atoms with Gasteiger partial charge in [0.25, 0.3) is 0 Å². The molecule has 0 spiro atoms. The van der Waals surface area contributed by atoms with E-state index in [0.717, 1.165) is 25.2 Å². The minimum atomic E-state index is -0.100. The second-order valence-electron chi connectivity index (χ2n) is 4.74. The summed E-state index contributed by atoms with van der Waals surface area (Å²) in [7, 11) is 2.05. The zero-order valence-electron chi connectivity index (χ0n) is 11.6. The Morgan fingerprint density at radius 1 is 1.17 bits per heavy atom. The van der Waals surface area contributed by atoms with Crippen LogP contribution in [0.25, 0.3) is 0 Å². The van der Waals surface area contributed by atoms with Crippen molar-refractivity contribution in [3.63, 3.8) is 0 Å². The molecule has 102 valence electrons. The summed E-state index contributed by atoms with van der Waals surface area (Å²) in [6, 6.07) is 7.01. The third-order valence-electron chi connectivity index (χ3n) is 3.04. The first-order valence-corrected chi connectivity index (χ1v) is 6.86. The van der Waals surface area contributed by atoms with Crippen LogP contribution in [-0.4, -0.2) is 31.6 Å². The molecule has 1 aromatic carbocycles. The van der Waals surface area contributed by atoms with Crippen molar-refractivity contribution in [2.24, 2.45) is 0 Å². The van der Waals surface area contributed by atoms with Gasteiger partial charge in [-0.1, -0.05) is 31.5 Å². The summed E-state index contributed by atoms with van der Waals surface area (Å²) in [5.41, 5.74) is 0.785. The minimum absolute atomic E-state index is 0.100. The van der Waals surface area contributed by atoms with E-state index in [-0.39, 0.29) is 5.82 Å². The first-order chi connectivity index (χ1) is 8.74. The van der Waals surface area contributed by atoms with E-state index in [4.69, 9.17) is 0 Å². The molecule has 0 aliphatic rings. The molecule has 0 radical (unpaired) electrons. The number of hydrogen-bond acceptors (Lipinski definition) is 2. The highest BCUT2D eigenvalue weighted by Gasteiger charge is 2.04. The maximum absolute atomic E-state index is 13.4. The van der Waals surface area contributed by atoms with Crippen LogP contribution in [0, 0.1) is 5.82 Å². The highest BCUT2D eigenvalue weighted by molar-refractivity contribution is 5.16. The van der Waals surface area contributed by atoms with E-state index in [2.05, 4.69) is 24.2 Å². The van der Waals surface area contributed by atoms with Crippen molar-refractivity contribution >= 4 is 0 Å². The molecular weight excluding hydrogens is 227 g/mol. The number of rotatable bonds is 9. The van der Waals surface area contributed by atoms with Gasteiger partial charge in [-0.2, -0.15) is 0 Å². The first kappa shape index (κ1) is 15.1. The molecule has 18 heavy (non-hydrogen) atoms. The van der Waals surface area contributed by atoms with Crippen molar-refractivity contribution in [2.75, 3.05) is 26.7 Å². The van der Waals surface area contributed by atoms with E-state index < -0.39 is 0 Å². The second-order valence-corrected chi connectivity index (χ2v) is 4.74. The molecule has 0 aromatic heterocycles. The predicted octanol–water partition coefficient (Wildman–Crippen LogP) is 3.04. The topological polar surface area (TPSA) is 15.3 Å². The molecule has 0 bridgehead atoms. The maximum atomic E-state index is 13.4. The summed E-state index contributed by atoms with van der Waals surface area (Å²) in [5.74, 6) is -0.100. The van der Waals surface area contributed by atoms with Gasteiger partial charge >= 0.3 is 0 Å². The maximum Gasteiger partial charge on any atom is 0.127 e. The molecule has 0 saturated carbocycles. The normalized spacial score (nSPS) is 11.1. The largest absolute Gasteiger partial charge is 0.317 e. The van der Waals surface area contributed by atoms with Crippen LogP contribution in [0.1, 0.15) is 31.7 Å². The summed E-state index contributed by atoms with van der Waals surface area (Å²) < 4.78 is 13.4. The van der Waals surface area contributed by atoms with Crippen LogP contribution in [0.5, 0.6) is 0 Å². The number of benzene rings is 1. The van der Waals surface area contributed by atoms with Crippen molar-refractivity contribution in [1.82, 2.24) is 10.2 Å². The summed E-state index contributed by atoms with van der Waals surface area (Å²) in [6.45, 7) is 6.00. The second kappa shape index (κ2) is 9.06. The van der Waals surface area contributed by atoms with E-state index in [1.54, 1.807) is 6.07 Å². The molecular formula is C15H25FN2. The molecule has 2 nitrogen and oxygen atoms in total. The van der Waals surface area contributed by atoms with E-state index in [0.29, 0.717) is 6.54 Å². The summed E-state index contributed by atoms with van der Waals surface area (Å²) in [5, 5.41) is 3.32. The Kier molecular flexibility index (Phi) is 7.62. The van der Waals surface area contributed by atoms with E-state index in [1.165, 1.54) is 25.3 Å². The van der Waals surface area contributed by atoms with Gasteiger partial charge in [-0.05, 0) is 45.6 Å². The molecule has 0 unspecified atom stereocenters. The van der Waals surface area contributed by atoms with Crippen LogP contribution in [0.3, 0.4) is 0 Å². The monoisotopic (exact) mass is 252 g/mol. The predicted molar refractivity (Wildman–Crippen MR) is 75.1 cm³/mol. The van der Waals surface area contributed by atoms with Crippen LogP contribution >= 0.6 is 0 Å². The van der Waals surface area contributed by atoms with Crippen molar-refractivity contribution in [3.05, 3.63) is 35.6 Å². The van der Waals surface area contributed by atoms with Gasteiger partial charge < -0.3 is 10.2 Å². The molecule has 3 heteroatoms.